The van der Waals surface area contributed by atoms with E-state index < -0.39 is 0 Å². The number of halogens is 2. The van der Waals surface area contributed by atoms with Crippen LogP contribution in [0.2, 0.25) is 10.0 Å². The lowest BCUT2D eigenvalue weighted by atomic mass is 9.95. The van der Waals surface area contributed by atoms with Gasteiger partial charge in [0.25, 0.3) is 5.91 Å². The summed E-state index contributed by atoms with van der Waals surface area (Å²) in [4.78, 5) is 12.2. The standard InChI is InChI=1S/C24H29Cl2NO3/c1-15(2)19-10-16(8-9-23(19)28)11-20-21(25)12-18(13-22(20)26)30-14-24(29)27-17-6-4-3-5-7-17/h8-10,12-13,15,17,28H,3-7,11,14H2,1-2H3,(H,27,29). The van der Waals surface area contributed by atoms with E-state index >= 15 is 0 Å². The first-order valence-corrected chi connectivity index (χ1v) is 11.3. The third kappa shape index (κ3) is 6.05. The lowest BCUT2D eigenvalue weighted by Gasteiger charge is -2.22. The van der Waals surface area contributed by atoms with Crippen LogP contribution >= 0.6 is 23.2 Å². The Morgan fingerprint density at radius 3 is 2.43 bits per heavy atom. The van der Waals surface area contributed by atoms with Gasteiger partial charge in [-0.15, -0.1) is 0 Å². The van der Waals surface area contributed by atoms with Crippen LogP contribution in [0, 0.1) is 0 Å². The molecule has 0 bridgehead atoms. The molecule has 0 unspecified atom stereocenters. The second kappa shape index (κ2) is 10.4. The number of hydrogen-bond donors (Lipinski definition) is 2. The van der Waals surface area contributed by atoms with Crippen molar-refractivity contribution in [1.29, 1.82) is 0 Å². The van der Waals surface area contributed by atoms with Gasteiger partial charge in [-0.2, -0.15) is 0 Å². The molecule has 3 rings (SSSR count). The summed E-state index contributed by atoms with van der Waals surface area (Å²) in [5.74, 6) is 0.859. The van der Waals surface area contributed by atoms with Gasteiger partial charge in [0.15, 0.2) is 6.61 Å². The van der Waals surface area contributed by atoms with E-state index in [4.69, 9.17) is 27.9 Å². The van der Waals surface area contributed by atoms with Gasteiger partial charge in [-0.05, 0) is 53.6 Å². The van der Waals surface area contributed by atoms with Crippen molar-refractivity contribution < 1.29 is 14.6 Å². The third-order valence-electron chi connectivity index (χ3n) is 5.55. The van der Waals surface area contributed by atoms with Crippen molar-refractivity contribution in [2.24, 2.45) is 0 Å². The van der Waals surface area contributed by atoms with Gasteiger partial charge < -0.3 is 15.2 Å². The Morgan fingerprint density at radius 2 is 1.80 bits per heavy atom. The molecule has 4 nitrogen and oxygen atoms in total. The summed E-state index contributed by atoms with van der Waals surface area (Å²) in [5, 5.41) is 14.0. The highest BCUT2D eigenvalue weighted by Crippen LogP contribution is 2.34. The fourth-order valence-corrected chi connectivity index (χ4v) is 4.48. The number of amides is 1. The van der Waals surface area contributed by atoms with Crippen LogP contribution < -0.4 is 10.1 Å². The summed E-state index contributed by atoms with van der Waals surface area (Å²) in [6.45, 7) is 4.02. The summed E-state index contributed by atoms with van der Waals surface area (Å²) in [6.07, 6.45) is 6.19. The molecule has 0 aromatic heterocycles. The van der Waals surface area contributed by atoms with Crippen LogP contribution in [-0.2, 0) is 11.2 Å². The number of benzene rings is 2. The van der Waals surface area contributed by atoms with Gasteiger partial charge in [0.2, 0.25) is 0 Å². The van der Waals surface area contributed by atoms with Crippen LogP contribution in [0.15, 0.2) is 30.3 Å². The molecule has 0 saturated heterocycles. The average molecular weight is 450 g/mol. The maximum Gasteiger partial charge on any atom is 0.258 e. The minimum absolute atomic E-state index is 0.0573. The van der Waals surface area contributed by atoms with Crippen LogP contribution in [0.4, 0.5) is 0 Å². The molecule has 1 fully saturated rings. The van der Waals surface area contributed by atoms with Gasteiger partial charge in [-0.3, -0.25) is 4.79 Å². The SMILES string of the molecule is CC(C)c1cc(Cc2c(Cl)cc(OCC(=O)NC3CCCCC3)cc2Cl)ccc1O. The van der Waals surface area contributed by atoms with Crippen molar-refractivity contribution in [1.82, 2.24) is 5.32 Å². The predicted molar refractivity (Wildman–Crippen MR) is 122 cm³/mol. The van der Waals surface area contributed by atoms with Crippen LogP contribution in [0.25, 0.3) is 0 Å². The summed E-state index contributed by atoms with van der Waals surface area (Å²) in [7, 11) is 0. The van der Waals surface area contributed by atoms with Gasteiger partial charge in [0.05, 0.1) is 0 Å². The Hall–Kier alpha value is -1.91. The van der Waals surface area contributed by atoms with Crippen molar-refractivity contribution >= 4 is 29.1 Å². The normalized spacial score (nSPS) is 14.7. The predicted octanol–water partition coefficient (Wildman–Crippen LogP) is 6.24. The van der Waals surface area contributed by atoms with Crippen LogP contribution in [-0.4, -0.2) is 23.7 Å². The molecule has 1 aliphatic carbocycles. The Morgan fingerprint density at radius 1 is 1.13 bits per heavy atom. The molecule has 6 heteroatoms. The monoisotopic (exact) mass is 449 g/mol. The Bertz CT molecular complexity index is 869. The van der Waals surface area contributed by atoms with E-state index in [-0.39, 0.29) is 24.5 Å². The first-order valence-electron chi connectivity index (χ1n) is 10.6. The van der Waals surface area contributed by atoms with E-state index in [1.165, 1.54) is 6.42 Å². The number of carbonyl (C=O) groups excluding carboxylic acids is 1. The largest absolute Gasteiger partial charge is 0.508 e. The van der Waals surface area contributed by atoms with E-state index in [2.05, 4.69) is 5.32 Å². The zero-order valence-electron chi connectivity index (χ0n) is 17.5. The van der Waals surface area contributed by atoms with Crippen LogP contribution in [0.1, 0.15) is 68.6 Å². The molecule has 0 radical (unpaired) electrons. The highest BCUT2D eigenvalue weighted by molar-refractivity contribution is 6.36. The number of nitrogens with one attached hydrogen (secondary N) is 1. The Kier molecular flexibility index (Phi) is 7.90. The number of phenolic OH excluding ortho intramolecular Hbond substituents is 1. The molecule has 2 aromatic carbocycles. The summed E-state index contributed by atoms with van der Waals surface area (Å²) < 4.78 is 5.63. The topological polar surface area (TPSA) is 58.6 Å². The molecule has 1 saturated carbocycles. The van der Waals surface area contributed by atoms with Gasteiger partial charge >= 0.3 is 0 Å². The van der Waals surface area contributed by atoms with Crippen molar-refractivity contribution in [3.05, 3.63) is 57.1 Å². The van der Waals surface area contributed by atoms with E-state index in [9.17, 15) is 9.90 Å². The summed E-state index contributed by atoms with van der Waals surface area (Å²) >= 11 is 12.9. The minimum Gasteiger partial charge on any atom is -0.508 e. The van der Waals surface area contributed by atoms with Crippen molar-refractivity contribution in [2.45, 2.75) is 64.3 Å². The quantitative estimate of drug-likeness (QED) is 0.525. The molecular weight excluding hydrogens is 421 g/mol. The number of hydrogen-bond acceptors (Lipinski definition) is 3. The van der Waals surface area contributed by atoms with E-state index in [1.807, 2.05) is 26.0 Å². The average Bonchev–Trinajstić information content (AvgIpc) is 2.71. The summed E-state index contributed by atoms with van der Waals surface area (Å²) in [5.41, 5.74) is 2.70. The molecule has 2 aromatic rings. The highest BCUT2D eigenvalue weighted by Gasteiger charge is 2.17. The Labute approximate surface area is 188 Å². The fraction of sp³-hybridized carbons (Fsp3) is 0.458. The number of phenols is 1. The lowest BCUT2D eigenvalue weighted by molar-refractivity contribution is -0.124. The molecule has 30 heavy (non-hydrogen) atoms. The van der Waals surface area contributed by atoms with E-state index in [0.29, 0.717) is 28.0 Å². The fourth-order valence-electron chi connectivity index (χ4n) is 3.88. The number of ether oxygens (including phenoxy) is 1. The lowest BCUT2D eigenvalue weighted by Crippen LogP contribution is -2.38. The second-order valence-corrected chi connectivity index (χ2v) is 9.10. The van der Waals surface area contributed by atoms with Gasteiger partial charge in [0, 0.05) is 22.5 Å². The zero-order valence-corrected chi connectivity index (χ0v) is 19.0. The molecule has 0 aliphatic heterocycles. The van der Waals surface area contributed by atoms with Crippen LogP contribution in [0.5, 0.6) is 11.5 Å². The molecule has 162 valence electrons. The van der Waals surface area contributed by atoms with Crippen molar-refractivity contribution in [3.63, 3.8) is 0 Å². The number of aromatic hydroxyl groups is 1. The first kappa shape index (κ1) is 22.8. The molecule has 0 atom stereocenters. The number of carbonyl (C=O) groups is 1. The van der Waals surface area contributed by atoms with Gasteiger partial charge in [0.1, 0.15) is 11.5 Å². The van der Waals surface area contributed by atoms with Gasteiger partial charge in [-0.1, -0.05) is 68.4 Å². The van der Waals surface area contributed by atoms with Crippen molar-refractivity contribution in [3.8, 4) is 11.5 Å². The smallest absolute Gasteiger partial charge is 0.258 e. The molecule has 0 heterocycles. The van der Waals surface area contributed by atoms with E-state index in [1.54, 1.807) is 18.2 Å². The maximum absolute atomic E-state index is 12.2. The maximum atomic E-state index is 12.2. The second-order valence-electron chi connectivity index (χ2n) is 8.28. The highest BCUT2D eigenvalue weighted by atomic mass is 35.5. The molecule has 2 N–H and O–H groups in total. The third-order valence-corrected chi connectivity index (χ3v) is 6.22. The van der Waals surface area contributed by atoms with Crippen molar-refractivity contribution in [2.75, 3.05) is 6.61 Å². The zero-order chi connectivity index (χ0) is 21.7. The number of rotatable bonds is 7. The molecule has 1 aliphatic rings. The Balaban J connectivity index is 1.63. The summed E-state index contributed by atoms with van der Waals surface area (Å²) in [6, 6.07) is 9.20. The molecule has 0 spiro atoms. The molecule has 1 amide bonds. The van der Waals surface area contributed by atoms with Gasteiger partial charge in [-0.25, -0.2) is 0 Å². The first-order chi connectivity index (χ1) is 14.3. The van der Waals surface area contributed by atoms with Crippen LogP contribution in [0.3, 0.4) is 0 Å². The molecular formula is C24H29Cl2NO3. The minimum atomic E-state index is -0.122. The van der Waals surface area contributed by atoms with E-state index in [0.717, 1.165) is 42.4 Å².